The molecule has 2 unspecified atom stereocenters. The van der Waals surface area contributed by atoms with Crippen molar-refractivity contribution in [3.63, 3.8) is 0 Å². The van der Waals surface area contributed by atoms with Crippen LogP contribution in [0.25, 0.3) is 0 Å². The van der Waals surface area contributed by atoms with E-state index >= 15 is 0 Å². The summed E-state index contributed by atoms with van der Waals surface area (Å²) in [4.78, 5) is 5.04. The fourth-order valence-corrected chi connectivity index (χ4v) is 6.10. The van der Waals surface area contributed by atoms with Crippen molar-refractivity contribution in [1.29, 1.82) is 0 Å². The van der Waals surface area contributed by atoms with E-state index in [2.05, 4.69) is 22.4 Å². The van der Waals surface area contributed by atoms with E-state index in [0.29, 0.717) is 27.1 Å². The van der Waals surface area contributed by atoms with Crippen molar-refractivity contribution < 1.29 is 5.11 Å². The van der Waals surface area contributed by atoms with Crippen LogP contribution in [0.2, 0.25) is 10.0 Å². The molecule has 8 heteroatoms. The van der Waals surface area contributed by atoms with E-state index in [1.807, 2.05) is 54.1 Å². The van der Waals surface area contributed by atoms with Gasteiger partial charge in [0, 0.05) is 28.5 Å². The van der Waals surface area contributed by atoms with Crippen molar-refractivity contribution in [3.05, 3.63) is 117 Å². The van der Waals surface area contributed by atoms with Gasteiger partial charge >= 0.3 is 0 Å². The molecule has 5 rings (SSSR count). The number of thioether (sulfide) groups is 1. The zero-order chi connectivity index (χ0) is 23.9. The van der Waals surface area contributed by atoms with Gasteiger partial charge in [-0.3, -0.25) is 0 Å². The van der Waals surface area contributed by atoms with E-state index in [4.69, 9.17) is 35.4 Å². The molecule has 2 heterocycles. The van der Waals surface area contributed by atoms with Gasteiger partial charge in [0.25, 0.3) is 0 Å². The van der Waals surface area contributed by atoms with E-state index < -0.39 is 5.60 Å². The van der Waals surface area contributed by atoms with Crippen LogP contribution in [0.1, 0.15) is 33.2 Å². The number of imidazole rings is 1. The van der Waals surface area contributed by atoms with Gasteiger partial charge in [0.1, 0.15) is 0 Å². The van der Waals surface area contributed by atoms with Crippen LogP contribution in [0.3, 0.4) is 0 Å². The number of anilines is 1. The zero-order valence-corrected chi connectivity index (χ0v) is 21.3. The number of aromatic nitrogens is 2. The summed E-state index contributed by atoms with van der Waals surface area (Å²) in [7, 11) is 1.87. The van der Waals surface area contributed by atoms with Gasteiger partial charge in [-0.2, -0.15) is 0 Å². The molecule has 4 nitrogen and oxygen atoms in total. The molecule has 0 saturated heterocycles. The lowest BCUT2D eigenvalue weighted by atomic mass is 9.82. The lowest BCUT2D eigenvalue weighted by Gasteiger charge is -2.31. The molecule has 0 aliphatic carbocycles. The highest BCUT2D eigenvalue weighted by Gasteiger charge is 2.38. The standard InChI is InChI=1S/C26H21Cl2N3OS2/c1-31-15-29-13-23(31)26(32,17-5-8-19(27)9-6-17)18-7-10-22-21(12-18)25(34-14-24(33)30-22)16-3-2-4-20(28)11-16/h2-13,15,25,32H,14H2,1H3,(H,30,33). The van der Waals surface area contributed by atoms with Gasteiger partial charge in [0.15, 0.2) is 5.60 Å². The Labute approximate surface area is 217 Å². The molecule has 1 aliphatic rings. The molecule has 1 aliphatic heterocycles. The molecule has 0 radical (unpaired) electrons. The van der Waals surface area contributed by atoms with Crippen LogP contribution in [0, 0.1) is 0 Å². The van der Waals surface area contributed by atoms with Crippen molar-refractivity contribution in [3.8, 4) is 0 Å². The van der Waals surface area contributed by atoms with Gasteiger partial charge in [0.05, 0.1) is 28.5 Å². The molecule has 2 N–H and O–H groups in total. The molecule has 3 aromatic carbocycles. The van der Waals surface area contributed by atoms with E-state index in [-0.39, 0.29) is 5.25 Å². The number of halogens is 2. The van der Waals surface area contributed by atoms with Gasteiger partial charge in [-0.1, -0.05) is 65.8 Å². The van der Waals surface area contributed by atoms with Crippen molar-refractivity contribution >= 4 is 57.9 Å². The van der Waals surface area contributed by atoms with Crippen LogP contribution >= 0.6 is 47.2 Å². The summed E-state index contributed by atoms with van der Waals surface area (Å²) in [6.07, 6.45) is 3.38. The maximum absolute atomic E-state index is 12.3. The van der Waals surface area contributed by atoms with Gasteiger partial charge in [-0.05, 0) is 58.7 Å². The molecule has 0 fully saturated rings. The lowest BCUT2D eigenvalue weighted by molar-refractivity contribution is 0.117. The molecular formula is C26H21Cl2N3OS2. The number of benzene rings is 3. The first-order chi connectivity index (χ1) is 16.4. The fraction of sp³-hybridized carbons (Fsp3) is 0.154. The van der Waals surface area contributed by atoms with Crippen LogP contribution in [0.5, 0.6) is 0 Å². The molecule has 34 heavy (non-hydrogen) atoms. The Morgan fingerprint density at radius 3 is 2.53 bits per heavy atom. The number of nitrogens with zero attached hydrogens (tertiary/aromatic N) is 2. The third kappa shape index (κ3) is 4.25. The number of nitrogens with one attached hydrogen (secondary N) is 1. The predicted molar refractivity (Wildman–Crippen MR) is 145 cm³/mol. The molecule has 0 saturated carbocycles. The molecule has 2 atom stereocenters. The van der Waals surface area contributed by atoms with Crippen molar-refractivity contribution in [2.24, 2.45) is 7.05 Å². The molecule has 1 aromatic heterocycles. The van der Waals surface area contributed by atoms with Crippen LogP contribution in [0.15, 0.2) is 79.3 Å². The number of hydrogen-bond donors (Lipinski definition) is 2. The number of hydrogen-bond acceptors (Lipinski definition) is 4. The largest absolute Gasteiger partial charge is 0.374 e. The number of aliphatic hydroxyl groups is 1. The Bertz CT molecular complexity index is 1370. The van der Waals surface area contributed by atoms with Crippen molar-refractivity contribution in [2.75, 3.05) is 11.1 Å². The minimum absolute atomic E-state index is 0.0115. The van der Waals surface area contributed by atoms with Crippen LogP contribution < -0.4 is 5.32 Å². The molecule has 172 valence electrons. The van der Waals surface area contributed by atoms with E-state index in [1.54, 1.807) is 36.4 Å². The summed E-state index contributed by atoms with van der Waals surface area (Å²) in [6, 6.07) is 21.1. The van der Waals surface area contributed by atoms with Gasteiger partial charge in [-0.15, -0.1) is 11.8 Å². The van der Waals surface area contributed by atoms with Crippen molar-refractivity contribution in [1.82, 2.24) is 9.55 Å². The molecule has 0 spiro atoms. The monoisotopic (exact) mass is 525 g/mol. The molecule has 0 amide bonds. The zero-order valence-electron chi connectivity index (χ0n) is 18.2. The SMILES string of the molecule is Cn1cncc1C(O)(c1ccc(Cl)cc1)c1ccc2c(c1)C(c1cccc(Cl)c1)SCC(=S)N2. The normalized spacial score (nSPS) is 17.4. The lowest BCUT2D eigenvalue weighted by Crippen LogP contribution is -2.31. The fourth-order valence-electron chi connectivity index (χ4n) is 4.36. The highest BCUT2D eigenvalue weighted by molar-refractivity contribution is 8.01. The number of fused-ring (bicyclic) bond motifs is 1. The smallest absolute Gasteiger partial charge is 0.156 e. The van der Waals surface area contributed by atoms with E-state index in [9.17, 15) is 5.11 Å². The summed E-state index contributed by atoms with van der Waals surface area (Å²) < 4.78 is 1.83. The molecule has 0 bridgehead atoms. The minimum atomic E-state index is -1.44. The second kappa shape index (κ2) is 9.36. The van der Waals surface area contributed by atoms with Crippen LogP contribution in [0.4, 0.5) is 5.69 Å². The summed E-state index contributed by atoms with van der Waals surface area (Å²) in [5, 5.41) is 17.0. The highest BCUT2D eigenvalue weighted by atomic mass is 35.5. The Morgan fingerprint density at radius 1 is 1.06 bits per heavy atom. The third-order valence-corrected chi connectivity index (χ3v) is 8.24. The van der Waals surface area contributed by atoms with Crippen molar-refractivity contribution in [2.45, 2.75) is 10.9 Å². The van der Waals surface area contributed by atoms with E-state index in [1.165, 1.54) is 0 Å². The molecular weight excluding hydrogens is 505 g/mol. The first-order valence-electron chi connectivity index (χ1n) is 10.6. The Hall–Kier alpha value is -2.35. The number of rotatable bonds is 4. The maximum Gasteiger partial charge on any atom is 0.156 e. The Morgan fingerprint density at radius 2 is 1.82 bits per heavy atom. The first kappa shape index (κ1) is 23.4. The van der Waals surface area contributed by atoms with Gasteiger partial charge in [0.2, 0.25) is 0 Å². The second-order valence-corrected chi connectivity index (χ2v) is 10.7. The Kier molecular flexibility index (Phi) is 6.44. The average molecular weight is 527 g/mol. The van der Waals surface area contributed by atoms with E-state index in [0.717, 1.165) is 27.4 Å². The number of thiocarbonyl (C=S) groups is 1. The third-order valence-electron chi connectivity index (χ3n) is 6.01. The second-order valence-electron chi connectivity index (χ2n) is 8.20. The van der Waals surface area contributed by atoms with Gasteiger partial charge in [-0.25, -0.2) is 4.98 Å². The number of aryl methyl sites for hydroxylation is 1. The predicted octanol–water partition coefficient (Wildman–Crippen LogP) is 6.59. The first-order valence-corrected chi connectivity index (χ1v) is 12.8. The average Bonchev–Trinajstić information content (AvgIpc) is 3.18. The quantitative estimate of drug-likeness (QED) is 0.294. The highest BCUT2D eigenvalue weighted by Crippen LogP contribution is 2.45. The maximum atomic E-state index is 12.3. The summed E-state index contributed by atoms with van der Waals surface area (Å²) in [5.41, 5.74) is 3.66. The summed E-state index contributed by atoms with van der Waals surface area (Å²) >= 11 is 19.8. The van der Waals surface area contributed by atoms with Crippen LogP contribution in [-0.4, -0.2) is 25.4 Å². The summed E-state index contributed by atoms with van der Waals surface area (Å²) in [5.74, 6) is 0.680. The van der Waals surface area contributed by atoms with Gasteiger partial charge < -0.3 is 15.0 Å². The minimum Gasteiger partial charge on any atom is -0.374 e. The molecule has 4 aromatic rings. The topological polar surface area (TPSA) is 50.1 Å². The Balaban J connectivity index is 1.72. The summed E-state index contributed by atoms with van der Waals surface area (Å²) in [6.45, 7) is 0. The van der Waals surface area contributed by atoms with Crippen LogP contribution in [-0.2, 0) is 12.6 Å².